The zero-order valence-electron chi connectivity index (χ0n) is 9.07. The zero-order valence-corrected chi connectivity index (χ0v) is 9.83. The molecule has 0 amide bonds. The van der Waals surface area contributed by atoms with E-state index in [2.05, 4.69) is 11.9 Å². The van der Waals surface area contributed by atoms with E-state index in [1.165, 1.54) is 0 Å². The predicted octanol–water partition coefficient (Wildman–Crippen LogP) is 3.11. The molecule has 0 spiro atoms. The van der Waals surface area contributed by atoms with Gasteiger partial charge in [-0.25, -0.2) is 4.98 Å². The lowest BCUT2D eigenvalue weighted by atomic mass is 9.88. The highest BCUT2D eigenvalue weighted by molar-refractivity contribution is 6.20. The molecule has 0 aliphatic carbocycles. The Labute approximate surface area is 94.8 Å². The van der Waals surface area contributed by atoms with Crippen molar-refractivity contribution >= 4 is 11.6 Å². The largest absolute Gasteiger partial charge is 0.444 e. The average Bonchev–Trinajstić information content (AvgIpc) is 2.67. The molecule has 15 heavy (non-hydrogen) atoms. The molecule has 4 heteroatoms. The van der Waals surface area contributed by atoms with Crippen LogP contribution in [0.25, 0.3) is 0 Å². The van der Waals surface area contributed by atoms with E-state index < -0.39 is 0 Å². The molecule has 0 saturated carbocycles. The van der Waals surface area contributed by atoms with E-state index in [1.807, 2.05) is 6.92 Å². The molecule has 1 aliphatic heterocycles. The van der Waals surface area contributed by atoms with Crippen molar-refractivity contribution in [1.29, 1.82) is 0 Å². The van der Waals surface area contributed by atoms with Gasteiger partial charge >= 0.3 is 0 Å². The minimum atomic E-state index is -0.158. The van der Waals surface area contributed by atoms with Crippen molar-refractivity contribution < 1.29 is 9.15 Å². The standard InChI is InChI=1S/C11H16ClNO2/c1-7-6-14-4-3-9(7)10-5-13-11(15-10)8(2)12/h5,7-9H,3-4,6H2,1-2H3. The van der Waals surface area contributed by atoms with Crippen molar-refractivity contribution in [2.45, 2.75) is 31.6 Å². The monoisotopic (exact) mass is 229 g/mol. The second-order valence-electron chi connectivity index (χ2n) is 4.16. The van der Waals surface area contributed by atoms with E-state index in [0.717, 1.165) is 25.4 Å². The first-order chi connectivity index (χ1) is 7.18. The zero-order chi connectivity index (χ0) is 10.8. The van der Waals surface area contributed by atoms with Crippen molar-refractivity contribution in [2.24, 2.45) is 5.92 Å². The van der Waals surface area contributed by atoms with E-state index >= 15 is 0 Å². The Balaban J connectivity index is 2.13. The van der Waals surface area contributed by atoms with Crippen LogP contribution in [0.4, 0.5) is 0 Å². The molecule has 2 heterocycles. The van der Waals surface area contributed by atoms with Gasteiger partial charge in [0.05, 0.1) is 6.20 Å². The molecule has 2 rings (SSSR count). The third-order valence-corrected chi connectivity index (χ3v) is 3.07. The van der Waals surface area contributed by atoms with Crippen LogP contribution in [-0.2, 0) is 4.74 Å². The van der Waals surface area contributed by atoms with Crippen molar-refractivity contribution in [3.05, 3.63) is 17.8 Å². The van der Waals surface area contributed by atoms with Crippen molar-refractivity contribution in [3.8, 4) is 0 Å². The minimum Gasteiger partial charge on any atom is -0.444 e. The maximum absolute atomic E-state index is 5.91. The van der Waals surface area contributed by atoms with Crippen molar-refractivity contribution in [3.63, 3.8) is 0 Å². The fourth-order valence-electron chi connectivity index (χ4n) is 1.96. The van der Waals surface area contributed by atoms with Gasteiger partial charge in [-0.1, -0.05) is 6.92 Å². The number of aromatic nitrogens is 1. The Morgan fingerprint density at radius 1 is 1.60 bits per heavy atom. The summed E-state index contributed by atoms with van der Waals surface area (Å²) >= 11 is 5.91. The van der Waals surface area contributed by atoms with Gasteiger partial charge in [-0.3, -0.25) is 0 Å². The molecule has 0 bridgehead atoms. The van der Waals surface area contributed by atoms with Crippen LogP contribution in [0.2, 0.25) is 0 Å². The summed E-state index contributed by atoms with van der Waals surface area (Å²) in [6.07, 6.45) is 2.81. The molecule has 0 aromatic carbocycles. The van der Waals surface area contributed by atoms with Crippen LogP contribution in [0.5, 0.6) is 0 Å². The minimum absolute atomic E-state index is 0.158. The number of ether oxygens (including phenoxy) is 1. The number of hydrogen-bond acceptors (Lipinski definition) is 3. The first kappa shape index (κ1) is 11.0. The molecule has 1 saturated heterocycles. The van der Waals surface area contributed by atoms with Gasteiger partial charge in [0.1, 0.15) is 11.1 Å². The fraction of sp³-hybridized carbons (Fsp3) is 0.727. The summed E-state index contributed by atoms with van der Waals surface area (Å²) in [5, 5.41) is -0.158. The number of rotatable bonds is 2. The van der Waals surface area contributed by atoms with Crippen molar-refractivity contribution in [2.75, 3.05) is 13.2 Å². The number of alkyl halides is 1. The number of halogens is 1. The molecular formula is C11H16ClNO2. The van der Waals surface area contributed by atoms with Gasteiger partial charge in [0.2, 0.25) is 5.89 Å². The second-order valence-corrected chi connectivity index (χ2v) is 4.82. The van der Waals surface area contributed by atoms with Gasteiger partial charge in [0.15, 0.2) is 0 Å². The van der Waals surface area contributed by atoms with Gasteiger partial charge < -0.3 is 9.15 Å². The third kappa shape index (κ3) is 2.34. The van der Waals surface area contributed by atoms with Crippen LogP contribution in [0.3, 0.4) is 0 Å². The van der Waals surface area contributed by atoms with Gasteiger partial charge in [-0.2, -0.15) is 0 Å². The Kier molecular flexibility index (Phi) is 3.32. The van der Waals surface area contributed by atoms with E-state index in [1.54, 1.807) is 6.20 Å². The van der Waals surface area contributed by atoms with Crippen LogP contribution in [-0.4, -0.2) is 18.2 Å². The first-order valence-electron chi connectivity index (χ1n) is 5.36. The summed E-state index contributed by atoms with van der Waals surface area (Å²) in [4.78, 5) is 4.19. The highest BCUT2D eigenvalue weighted by Crippen LogP contribution is 2.33. The summed E-state index contributed by atoms with van der Waals surface area (Å²) in [5.74, 6) is 2.49. The summed E-state index contributed by atoms with van der Waals surface area (Å²) in [6.45, 7) is 5.65. The fourth-order valence-corrected chi connectivity index (χ4v) is 2.06. The lowest BCUT2D eigenvalue weighted by molar-refractivity contribution is 0.0418. The maximum Gasteiger partial charge on any atom is 0.212 e. The molecule has 1 aromatic heterocycles. The molecule has 3 atom stereocenters. The molecular weight excluding hydrogens is 214 g/mol. The highest BCUT2D eigenvalue weighted by Gasteiger charge is 2.27. The highest BCUT2D eigenvalue weighted by atomic mass is 35.5. The Morgan fingerprint density at radius 2 is 2.40 bits per heavy atom. The number of oxazole rings is 1. The van der Waals surface area contributed by atoms with Gasteiger partial charge in [-0.15, -0.1) is 11.6 Å². The second kappa shape index (κ2) is 4.54. The van der Waals surface area contributed by atoms with Gasteiger partial charge in [0, 0.05) is 19.1 Å². The first-order valence-corrected chi connectivity index (χ1v) is 5.79. The van der Waals surface area contributed by atoms with Crippen LogP contribution in [0.15, 0.2) is 10.6 Å². The van der Waals surface area contributed by atoms with Crippen LogP contribution in [0.1, 0.15) is 43.2 Å². The molecule has 3 nitrogen and oxygen atoms in total. The number of hydrogen-bond donors (Lipinski definition) is 0. The van der Waals surface area contributed by atoms with Crippen molar-refractivity contribution in [1.82, 2.24) is 4.98 Å². The van der Waals surface area contributed by atoms with Gasteiger partial charge in [-0.05, 0) is 19.3 Å². The molecule has 0 N–H and O–H groups in total. The van der Waals surface area contributed by atoms with E-state index in [9.17, 15) is 0 Å². The van der Waals surface area contributed by atoms with Crippen LogP contribution >= 0.6 is 11.6 Å². The molecule has 3 unspecified atom stereocenters. The lowest BCUT2D eigenvalue weighted by Crippen LogP contribution is -2.23. The van der Waals surface area contributed by atoms with E-state index in [-0.39, 0.29) is 5.38 Å². The predicted molar refractivity (Wildman–Crippen MR) is 58.1 cm³/mol. The third-order valence-electron chi connectivity index (χ3n) is 2.89. The smallest absolute Gasteiger partial charge is 0.212 e. The number of nitrogens with zero attached hydrogens (tertiary/aromatic N) is 1. The van der Waals surface area contributed by atoms with Crippen LogP contribution in [0, 0.1) is 5.92 Å². The molecule has 0 radical (unpaired) electrons. The topological polar surface area (TPSA) is 35.3 Å². The van der Waals surface area contributed by atoms with Gasteiger partial charge in [0.25, 0.3) is 0 Å². The quantitative estimate of drug-likeness (QED) is 0.731. The summed E-state index contributed by atoms with van der Waals surface area (Å²) < 4.78 is 11.1. The molecule has 1 aromatic rings. The SMILES string of the molecule is CC(Cl)c1ncc(C2CCOCC2C)o1. The molecule has 84 valence electrons. The maximum atomic E-state index is 5.91. The summed E-state index contributed by atoms with van der Waals surface area (Å²) in [5.41, 5.74) is 0. The normalized spacial score (nSPS) is 29.0. The Hall–Kier alpha value is -0.540. The lowest BCUT2D eigenvalue weighted by Gasteiger charge is -2.26. The Bertz CT molecular complexity index is 324. The van der Waals surface area contributed by atoms with E-state index in [4.69, 9.17) is 20.8 Å². The molecule has 1 aliphatic rings. The Morgan fingerprint density at radius 3 is 3.00 bits per heavy atom. The molecule has 1 fully saturated rings. The summed E-state index contributed by atoms with van der Waals surface area (Å²) in [6, 6.07) is 0. The van der Waals surface area contributed by atoms with Crippen LogP contribution < -0.4 is 0 Å². The van der Waals surface area contributed by atoms with E-state index in [0.29, 0.717) is 17.7 Å². The average molecular weight is 230 g/mol. The summed E-state index contributed by atoms with van der Waals surface area (Å²) in [7, 11) is 0.